The molecule has 0 fully saturated rings. The molecule has 0 radical (unpaired) electrons. The molecular formula is C15H10BrNO2. The van der Waals surface area contributed by atoms with Crippen LogP contribution in [0.2, 0.25) is 0 Å². The summed E-state index contributed by atoms with van der Waals surface area (Å²) in [5.74, 6) is 0. The van der Waals surface area contributed by atoms with E-state index in [-0.39, 0.29) is 10.6 Å². The van der Waals surface area contributed by atoms with E-state index in [1.807, 2.05) is 24.3 Å². The van der Waals surface area contributed by atoms with Crippen LogP contribution < -0.4 is 0 Å². The van der Waals surface area contributed by atoms with Crippen LogP contribution in [0.25, 0.3) is 17.2 Å². The number of halogens is 1. The minimum atomic E-state index is -0.330. The van der Waals surface area contributed by atoms with Crippen molar-refractivity contribution in [3.8, 4) is 11.1 Å². The molecule has 0 bridgehead atoms. The lowest BCUT2D eigenvalue weighted by Gasteiger charge is -2.09. The Labute approximate surface area is 118 Å². The topological polar surface area (TPSA) is 43.1 Å². The van der Waals surface area contributed by atoms with E-state index in [9.17, 15) is 10.1 Å². The van der Waals surface area contributed by atoms with Crippen LogP contribution in [-0.2, 0) is 6.42 Å². The summed E-state index contributed by atoms with van der Waals surface area (Å²) in [4.78, 5) is 10.9. The summed E-state index contributed by atoms with van der Waals surface area (Å²) in [6.45, 7) is 0. The van der Waals surface area contributed by atoms with Crippen LogP contribution in [0.5, 0.6) is 0 Å². The Kier molecular flexibility index (Phi) is 2.95. The summed E-state index contributed by atoms with van der Waals surface area (Å²) < 4.78 is 0.844. The van der Waals surface area contributed by atoms with Crippen LogP contribution in [0, 0.1) is 10.1 Å². The fourth-order valence-electron chi connectivity index (χ4n) is 2.43. The molecule has 1 aliphatic rings. The highest BCUT2D eigenvalue weighted by molar-refractivity contribution is 9.10. The molecule has 0 atom stereocenters. The van der Waals surface area contributed by atoms with E-state index in [4.69, 9.17) is 0 Å². The molecule has 19 heavy (non-hydrogen) atoms. The van der Waals surface area contributed by atoms with Gasteiger partial charge in [-0.1, -0.05) is 46.3 Å². The van der Waals surface area contributed by atoms with E-state index in [1.54, 1.807) is 12.1 Å². The van der Waals surface area contributed by atoms with E-state index in [1.165, 1.54) is 0 Å². The van der Waals surface area contributed by atoms with E-state index in [0.717, 1.165) is 27.6 Å². The number of nitrogens with zero attached hydrogens (tertiary/aromatic N) is 1. The second-order valence-corrected chi connectivity index (χ2v) is 5.31. The zero-order valence-corrected chi connectivity index (χ0v) is 11.6. The highest BCUT2D eigenvalue weighted by Crippen LogP contribution is 2.37. The fraction of sp³-hybridized carbons (Fsp3) is 0.0667. The van der Waals surface area contributed by atoms with Crippen molar-refractivity contribution in [2.45, 2.75) is 6.42 Å². The average Bonchev–Trinajstić information content (AvgIpc) is 2.86. The van der Waals surface area contributed by atoms with Gasteiger partial charge in [-0.15, -0.1) is 0 Å². The Morgan fingerprint density at radius 1 is 1.16 bits per heavy atom. The molecule has 0 amide bonds. The van der Waals surface area contributed by atoms with Gasteiger partial charge in [0.1, 0.15) is 0 Å². The molecule has 0 aromatic heterocycles. The molecule has 0 saturated heterocycles. The lowest BCUT2D eigenvalue weighted by molar-refractivity contribution is -0.384. The normalized spacial score (nSPS) is 12.5. The molecule has 3 rings (SSSR count). The van der Waals surface area contributed by atoms with Gasteiger partial charge >= 0.3 is 0 Å². The van der Waals surface area contributed by atoms with Crippen LogP contribution in [-0.4, -0.2) is 4.92 Å². The van der Waals surface area contributed by atoms with Crippen molar-refractivity contribution >= 4 is 27.7 Å². The Hall–Kier alpha value is -1.94. The van der Waals surface area contributed by atoms with Gasteiger partial charge in [0.05, 0.1) is 10.5 Å². The monoisotopic (exact) mass is 315 g/mol. The molecule has 3 nitrogen and oxygen atoms in total. The molecule has 0 heterocycles. The van der Waals surface area contributed by atoms with Crippen molar-refractivity contribution < 1.29 is 4.92 Å². The predicted octanol–water partition coefficient (Wildman–Crippen LogP) is 4.59. The van der Waals surface area contributed by atoms with Crippen molar-refractivity contribution in [2.75, 3.05) is 0 Å². The van der Waals surface area contributed by atoms with Gasteiger partial charge in [-0.05, 0) is 35.2 Å². The minimum Gasteiger partial charge on any atom is -0.258 e. The van der Waals surface area contributed by atoms with Gasteiger partial charge in [-0.25, -0.2) is 0 Å². The smallest absolute Gasteiger partial charge is 0.258 e. The summed E-state index contributed by atoms with van der Waals surface area (Å²) in [5, 5.41) is 11.2. The number of hydrogen-bond donors (Lipinski definition) is 0. The number of nitro benzene ring substituents is 1. The Balaban J connectivity index is 2.26. The number of fused-ring (bicyclic) bond motifs is 1. The second kappa shape index (κ2) is 4.63. The zero-order valence-electron chi connectivity index (χ0n) is 9.97. The van der Waals surface area contributed by atoms with Crippen molar-refractivity contribution in [3.63, 3.8) is 0 Å². The quantitative estimate of drug-likeness (QED) is 0.600. The molecule has 4 heteroatoms. The van der Waals surface area contributed by atoms with Crippen molar-refractivity contribution in [3.05, 3.63) is 68.2 Å². The van der Waals surface area contributed by atoms with Crippen molar-refractivity contribution in [2.24, 2.45) is 0 Å². The maximum absolute atomic E-state index is 11.2. The number of hydrogen-bond acceptors (Lipinski definition) is 2. The number of benzene rings is 2. The molecule has 0 unspecified atom stereocenters. The first-order valence-corrected chi connectivity index (χ1v) is 6.69. The summed E-state index contributed by atoms with van der Waals surface area (Å²) in [7, 11) is 0. The van der Waals surface area contributed by atoms with Crippen molar-refractivity contribution in [1.82, 2.24) is 0 Å². The highest BCUT2D eigenvalue weighted by Gasteiger charge is 2.19. The van der Waals surface area contributed by atoms with Gasteiger partial charge in [0, 0.05) is 10.5 Å². The SMILES string of the molecule is O=[N+]([O-])c1ccc(Br)cc1-c1cccc2c1CC=C2. The largest absolute Gasteiger partial charge is 0.277 e. The third kappa shape index (κ3) is 2.08. The lowest BCUT2D eigenvalue weighted by Crippen LogP contribution is -1.95. The Bertz CT molecular complexity index is 707. The number of nitro groups is 1. The first kappa shape index (κ1) is 12.1. The third-order valence-electron chi connectivity index (χ3n) is 3.28. The van der Waals surface area contributed by atoms with E-state index < -0.39 is 0 Å². The maximum Gasteiger partial charge on any atom is 0.277 e. The highest BCUT2D eigenvalue weighted by atomic mass is 79.9. The summed E-state index contributed by atoms with van der Waals surface area (Å²) in [6, 6.07) is 11.0. The lowest BCUT2D eigenvalue weighted by atomic mass is 9.95. The van der Waals surface area contributed by atoms with Gasteiger partial charge in [-0.3, -0.25) is 10.1 Å². The Morgan fingerprint density at radius 2 is 2.00 bits per heavy atom. The summed E-state index contributed by atoms with van der Waals surface area (Å²) in [5.41, 5.74) is 4.05. The molecule has 2 aromatic carbocycles. The zero-order chi connectivity index (χ0) is 13.4. The molecule has 0 spiro atoms. The molecule has 1 aliphatic carbocycles. The molecule has 0 saturated carbocycles. The number of rotatable bonds is 2. The van der Waals surface area contributed by atoms with Gasteiger partial charge in [0.15, 0.2) is 0 Å². The van der Waals surface area contributed by atoms with Gasteiger partial charge < -0.3 is 0 Å². The van der Waals surface area contributed by atoms with E-state index >= 15 is 0 Å². The average molecular weight is 316 g/mol. The van der Waals surface area contributed by atoms with E-state index in [2.05, 4.69) is 28.1 Å². The second-order valence-electron chi connectivity index (χ2n) is 4.40. The first-order chi connectivity index (χ1) is 9.16. The minimum absolute atomic E-state index is 0.142. The molecule has 94 valence electrons. The number of allylic oxidation sites excluding steroid dienone is 1. The van der Waals surface area contributed by atoms with E-state index in [0.29, 0.717) is 5.56 Å². The van der Waals surface area contributed by atoms with Gasteiger partial charge in [0.2, 0.25) is 0 Å². The van der Waals surface area contributed by atoms with Crippen LogP contribution in [0.15, 0.2) is 46.9 Å². The van der Waals surface area contributed by atoms with Crippen LogP contribution in [0.1, 0.15) is 11.1 Å². The standard InChI is InChI=1S/C15H10BrNO2/c16-11-7-8-15(17(18)19)14(9-11)13-6-2-4-10-3-1-5-12(10)13/h1-4,6-9H,5H2. The third-order valence-corrected chi connectivity index (χ3v) is 3.77. The van der Waals surface area contributed by atoms with Crippen molar-refractivity contribution in [1.29, 1.82) is 0 Å². The molecule has 2 aromatic rings. The fourth-order valence-corrected chi connectivity index (χ4v) is 2.79. The first-order valence-electron chi connectivity index (χ1n) is 5.89. The molecular weight excluding hydrogens is 306 g/mol. The maximum atomic E-state index is 11.2. The predicted molar refractivity (Wildman–Crippen MR) is 79.0 cm³/mol. The van der Waals surface area contributed by atoms with Crippen LogP contribution >= 0.6 is 15.9 Å². The van der Waals surface area contributed by atoms with Gasteiger partial charge in [-0.2, -0.15) is 0 Å². The van der Waals surface area contributed by atoms with Crippen LogP contribution in [0.3, 0.4) is 0 Å². The van der Waals surface area contributed by atoms with Gasteiger partial charge in [0.25, 0.3) is 5.69 Å². The summed E-state index contributed by atoms with van der Waals surface area (Å²) >= 11 is 3.39. The molecule has 0 N–H and O–H groups in total. The molecule has 0 aliphatic heterocycles. The Morgan fingerprint density at radius 3 is 2.79 bits per heavy atom. The summed E-state index contributed by atoms with van der Waals surface area (Å²) in [6.07, 6.45) is 4.97. The van der Waals surface area contributed by atoms with Crippen LogP contribution in [0.4, 0.5) is 5.69 Å².